The predicted octanol–water partition coefficient (Wildman–Crippen LogP) is -0.415. The van der Waals surface area contributed by atoms with Gasteiger partial charge in [-0.05, 0) is 14.0 Å². The molecule has 5 nitrogen and oxygen atoms in total. The molecule has 2 rings (SSSR count). The second kappa shape index (κ2) is 3.24. The number of carbonyl (C=O) groups is 2. The van der Waals surface area contributed by atoms with E-state index in [9.17, 15) is 9.59 Å². The van der Waals surface area contributed by atoms with Crippen LogP contribution in [-0.4, -0.2) is 65.9 Å². The summed E-state index contributed by atoms with van der Waals surface area (Å²) >= 11 is 0. The van der Waals surface area contributed by atoms with Crippen LogP contribution in [0.15, 0.2) is 0 Å². The van der Waals surface area contributed by atoms with Gasteiger partial charge in [0.25, 0.3) is 5.91 Å². The lowest BCUT2D eigenvalue weighted by atomic mass is 10.2. The number of carbonyl (C=O) groups excluding carboxylic acids is 2. The Morgan fingerprint density at radius 2 is 2.07 bits per heavy atom. The smallest absolute Gasteiger partial charge is 0.310 e. The summed E-state index contributed by atoms with van der Waals surface area (Å²) in [4.78, 5) is 28.6. The fraction of sp³-hybridized carbons (Fsp3) is 0.778. The molecule has 0 aromatic carbocycles. The topological polar surface area (TPSA) is 43.9 Å². The Hall–Kier alpha value is -1.10. The van der Waals surface area contributed by atoms with Crippen LogP contribution in [0.5, 0.6) is 0 Å². The van der Waals surface area contributed by atoms with Crippen LogP contribution in [0.25, 0.3) is 0 Å². The number of amides is 3. The van der Waals surface area contributed by atoms with E-state index in [1.54, 1.807) is 4.90 Å². The van der Waals surface area contributed by atoms with Gasteiger partial charge in [-0.3, -0.25) is 9.69 Å². The van der Waals surface area contributed by atoms with Gasteiger partial charge in [-0.15, -0.1) is 0 Å². The number of hydrogen-bond donors (Lipinski definition) is 0. The van der Waals surface area contributed by atoms with Crippen molar-refractivity contribution in [1.29, 1.82) is 0 Å². The van der Waals surface area contributed by atoms with Gasteiger partial charge in [-0.1, -0.05) is 0 Å². The minimum absolute atomic E-state index is 0.0379. The van der Waals surface area contributed by atoms with Gasteiger partial charge in [0.05, 0.1) is 0 Å². The summed E-state index contributed by atoms with van der Waals surface area (Å²) in [6.45, 7) is 4.50. The molecule has 1 unspecified atom stereocenters. The van der Waals surface area contributed by atoms with Gasteiger partial charge in [0.1, 0.15) is 6.04 Å². The van der Waals surface area contributed by atoms with E-state index in [0.717, 1.165) is 6.54 Å². The lowest BCUT2D eigenvalue weighted by Gasteiger charge is -2.32. The quantitative estimate of drug-likeness (QED) is 0.536. The molecule has 0 aliphatic carbocycles. The van der Waals surface area contributed by atoms with E-state index in [1.807, 2.05) is 14.0 Å². The molecule has 3 amide bonds. The zero-order valence-corrected chi connectivity index (χ0v) is 8.56. The molecule has 2 aliphatic heterocycles. The number of hydrogen-bond acceptors (Lipinski definition) is 3. The largest absolute Gasteiger partial charge is 0.327 e. The molecule has 0 N–H and O–H groups in total. The summed E-state index contributed by atoms with van der Waals surface area (Å²) < 4.78 is 0. The van der Waals surface area contributed by atoms with Gasteiger partial charge in [0.2, 0.25) is 0 Å². The molecule has 1 atom stereocenters. The Balaban J connectivity index is 2.21. The fourth-order valence-electron chi connectivity index (χ4n) is 2.08. The Bertz CT molecular complexity index is 279. The number of urea groups is 1. The van der Waals surface area contributed by atoms with Gasteiger partial charge < -0.3 is 9.80 Å². The van der Waals surface area contributed by atoms with Gasteiger partial charge in [-0.2, -0.15) is 0 Å². The molecule has 0 radical (unpaired) electrons. The van der Waals surface area contributed by atoms with Crippen LogP contribution >= 0.6 is 0 Å². The maximum Gasteiger partial charge on any atom is 0.327 e. The predicted molar refractivity (Wildman–Crippen MR) is 50.8 cm³/mol. The maximum absolute atomic E-state index is 11.8. The molecule has 2 saturated heterocycles. The van der Waals surface area contributed by atoms with Crippen molar-refractivity contribution in [1.82, 2.24) is 14.7 Å². The van der Waals surface area contributed by atoms with Crippen LogP contribution in [0.4, 0.5) is 4.79 Å². The van der Waals surface area contributed by atoms with E-state index in [0.29, 0.717) is 19.6 Å². The molecule has 0 bridgehead atoms. The second-order valence-corrected chi connectivity index (χ2v) is 3.84. The van der Waals surface area contributed by atoms with E-state index >= 15 is 0 Å². The molecule has 0 aromatic heterocycles. The van der Waals surface area contributed by atoms with E-state index in [4.69, 9.17) is 0 Å². The summed E-state index contributed by atoms with van der Waals surface area (Å²) in [6.07, 6.45) is 0. The Labute approximate surface area is 83.2 Å². The fourth-order valence-corrected chi connectivity index (χ4v) is 2.08. The van der Waals surface area contributed by atoms with Crippen molar-refractivity contribution in [3.63, 3.8) is 0 Å². The first-order chi connectivity index (χ1) is 6.65. The highest BCUT2D eigenvalue weighted by Gasteiger charge is 2.46. The Morgan fingerprint density at radius 1 is 1.36 bits per heavy atom. The van der Waals surface area contributed by atoms with E-state index < -0.39 is 0 Å². The Kier molecular flexibility index (Phi) is 2.19. The molecule has 2 aliphatic rings. The molecular formula is C9H15N3O2. The van der Waals surface area contributed by atoms with Crippen molar-refractivity contribution >= 4 is 11.9 Å². The van der Waals surface area contributed by atoms with E-state index in [1.165, 1.54) is 4.90 Å². The van der Waals surface area contributed by atoms with Crippen molar-refractivity contribution in [2.24, 2.45) is 0 Å². The SMILES string of the molecule is CCN1C(=O)C2CN(C)CCN2C1=O. The zero-order chi connectivity index (χ0) is 10.3. The first-order valence-electron chi connectivity index (χ1n) is 4.95. The number of rotatable bonds is 1. The van der Waals surface area contributed by atoms with Gasteiger partial charge in [0, 0.05) is 26.2 Å². The third kappa shape index (κ3) is 1.19. The number of likely N-dealkylation sites (N-methyl/N-ethyl adjacent to an activating group) is 2. The number of nitrogens with zero attached hydrogens (tertiary/aromatic N) is 3. The molecule has 0 saturated carbocycles. The third-order valence-corrected chi connectivity index (χ3v) is 2.93. The van der Waals surface area contributed by atoms with E-state index in [-0.39, 0.29) is 18.0 Å². The van der Waals surface area contributed by atoms with E-state index in [2.05, 4.69) is 4.90 Å². The lowest BCUT2D eigenvalue weighted by Crippen LogP contribution is -2.51. The van der Waals surface area contributed by atoms with Gasteiger partial charge in [0.15, 0.2) is 0 Å². The normalized spacial score (nSPS) is 28.6. The first kappa shape index (κ1) is 9.45. The Morgan fingerprint density at radius 3 is 2.71 bits per heavy atom. The second-order valence-electron chi connectivity index (χ2n) is 3.84. The van der Waals surface area contributed by atoms with Crippen LogP contribution < -0.4 is 0 Å². The average molecular weight is 197 g/mol. The molecular weight excluding hydrogens is 182 g/mol. The molecule has 0 aromatic rings. The summed E-state index contributed by atoms with van der Waals surface area (Å²) in [5.41, 5.74) is 0. The van der Waals surface area contributed by atoms with Crippen molar-refractivity contribution in [2.75, 3.05) is 33.2 Å². The maximum atomic E-state index is 11.8. The van der Waals surface area contributed by atoms with Crippen molar-refractivity contribution in [3.8, 4) is 0 Å². The summed E-state index contributed by atoms with van der Waals surface area (Å²) in [5.74, 6) is -0.0379. The highest BCUT2D eigenvalue weighted by atomic mass is 16.2. The third-order valence-electron chi connectivity index (χ3n) is 2.93. The summed E-state index contributed by atoms with van der Waals surface area (Å²) in [6, 6.07) is -0.350. The van der Waals surface area contributed by atoms with Crippen LogP contribution in [0, 0.1) is 0 Å². The van der Waals surface area contributed by atoms with Crippen LogP contribution in [0.3, 0.4) is 0 Å². The number of fused-ring (bicyclic) bond motifs is 1. The minimum atomic E-state index is -0.235. The number of imide groups is 1. The molecule has 2 heterocycles. The highest BCUT2D eigenvalue weighted by molar-refractivity contribution is 6.04. The van der Waals surface area contributed by atoms with Gasteiger partial charge in [-0.25, -0.2) is 4.79 Å². The molecule has 78 valence electrons. The first-order valence-corrected chi connectivity index (χ1v) is 4.95. The van der Waals surface area contributed by atoms with Crippen LogP contribution in [-0.2, 0) is 4.79 Å². The zero-order valence-electron chi connectivity index (χ0n) is 8.56. The summed E-state index contributed by atoms with van der Waals surface area (Å²) in [7, 11) is 1.98. The molecule has 2 fully saturated rings. The lowest BCUT2D eigenvalue weighted by molar-refractivity contribution is -0.129. The monoisotopic (exact) mass is 197 g/mol. The summed E-state index contributed by atoms with van der Waals surface area (Å²) in [5, 5.41) is 0. The number of piperazine rings is 1. The van der Waals surface area contributed by atoms with Crippen molar-refractivity contribution in [2.45, 2.75) is 13.0 Å². The average Bonchev–Trinajstić information content (AvgIpc) is 2.39. The standard InChI is InChI=1S/C9H15N3O2/c1-3-11-8(13)7-6-10(2)4-5-12(7)9(11)14/h7H,3-6H2,1-2H3. The van der Waals surface area contributed by atoms with Crippen LogP contribution in [0.1, 0.15) is 6.92 Å². The van der Waals surface area contributed by atoms with Crippen molar-refractivity contribution in [3.05, 3.63) is 0 Å². The van der Waals surface area contributed by atoms with Crippen LogP contribution in [0.2, 0.25) is 0 Å². The minimum Gasteiger partial charge on any atom is -0.310 e. The van der Waals surface area contributed by atoms with Gasteiger partial charge >= 0.3 is 6.03 Å². The van der Waals surface area contributed by atoms with Crippen molar-refractivity contribution < 1.29 is 9.59 Å². The highest BCUT2D eigenvalue weighted by Crippen LogP contribution is 2.20. The molecule has 0 spiro atoms. The molecule has 5 heteroatoms. The molecule has 14 heavy (non-hydrogen) atoms.